The molecule has 0 spiro atoms. The Balaban J connectivity index is 2.44. The zero-order chi connectivity index (χ0) is 19.3. The molecule has 6 nitrogen and oxygen atoms in total. The van der Waals surface area contributed by atoms with E-state index < -0.39 is 5.54 Å². The molecule has 1 aromatic carbocycles. The highest BCUT2D eigenvalue weighted by Gasteiger charge is 2.41. The predicted octanol–water partition coefficient (Wildman–Crippen LogP) is 3.20. The van der Waals surface area contributed by atoms with Gasteiger partial charge in [0.2, 0.25) is 0 Å². The molecule has 0 bridgehead atoms. The monoisotopic (exact) mass is 359 g/mol. The summed E-state index contributed by atoms with van der Waals surface area (Å²) >= 11 is 0. The Morgan fingerprint density at radius 1 is 1.08 bits per heavy atom. The Morgan fingerprint density at radius 2 is 1.73 bits per heavy atom. The lowest BCUT2D eigenvalue weighted by Crippen LogP contribution is -2.28. The summed E-state index contributed by atoms with van der Waals surface area (Å²) in [6.07, 6.45) is 0.468. The van der Waals surface area contributed by atoms with Gasteiger partial charge in [-0.2, -0.15) is 0 Å². The third kappa shape index (κ3) is 4.18. The van der Waals surface area contributed by atoms with E-state index in [1.165, 1.54) is 6.92 Å². The fourth-order valence-corrected chi connectivity index (χ4v) is 3.31. The predicted molar refractivity (Wildman–Crippen MR) is 97.5 cm³/mol. The average molecular weight is 359 g/mol. The number of ether oxygens (including phenoxy) is 2. The van der Waals surface area contributed by atoms with Crippen LogP contribution in [0.5, 0.6) is 0 Å². The van der Waals surface area contributed by atoms with E-state index in [9.17, 15) is 14.4 Å². The highest BCUT2D eigenvalue weighted by atomic mass is 16.5. The topological polar surface area (TPSA) is 82.0 Å². The first kappa shape index (κ1) is 19.8. The first-order valence-corrected chi connectivity index (χ1v) is 8.86. The third-order valence-electron chi connectivity index (χ3n) is 4.49. The number of esters is 2. The van der Waals surface area contributed by atoms with Crippen LogP contribution in [0.15, 0.2) is 23.2 Å². The smallest absolute Gasteiger partial charge is 0.308 e. The molecule has 0 aromatic heterocycles. The van der Waals surface area contributed by atoms with E-state index in [4.69, 9.17) is 14.5 Å². The molecule has 0 N–H and O–H groups in total. The molecule has 1 aliphatic rings. The molecule has 1 unspecified atom stereocenters. The summed E-state index contributed by atoms with van der Waals surface area (Å²) in [5, 5.41) is 0. The van der Waals surface area contributed by atoms with Crippen LogP contribution in [-0.4, -0.2) is 36.6 Å². The molecular formula is C20H25NO5. The normalized spacial score (nSPS) is 18.1. The lowest BCUT2D eigenvalue weighted by molar-refractivity contribution is -0.147. The highest BCUT2D eigenvalue weighted by Crippen LogP contribution is 2.43. The molecule has 6 heteroatoms. The van der Waals surface area contributed by atoms with Crippen molar-refractivity contribution >= 4 is 23.4 Å². The lowest BCUT2D eigenvalue weighted by Gasteiger charge is -2.27. The molecule has 1 aromatic rings. The van der Waals surface area contributed by atoms with Crippen molar-refractivity contribution < 1.29 is 23.9 Å². The van der Waals surface area contributed by atoms with Crippen molar-refractivity contribution in [3.63, 3.8) is 0 Å². The minimum absolute atomic E-state index is 0.0198. The molecule has 1 aliphatic heterocycles. The van der Waals surface area contributed by atoms with Crippen molar-refractivity contribution in [3.05, 3.63) is 34.9 Å². The van der Waals surface area contributed by atoms with Gasteiger partial charge >= 0.3 is 11.9 Å². The number of benzene rings is 1. The minimum atomic E-state index is -0.913. The van der Waals surface area contributed by atoms with Crippen LogP contribution >= 0.6 is 0 Å². The molecule has 26 heavy (non-hydrogen) atoms. The number of hydrogen-bond acceptors (Lipinski definition) is 6. The minimum Gasteiger partial charge on any atom is -0.466 e. The first-order chi connectivity index (χ1) is 12.3. The van der Waals surface area contributed by atoms with Crippen molar-refractivity contribution in [1.29, 1.82) is 0 Å². The van der Waals surface area contributed by atoms with E-state index in [1.54, 1.807) is 26.0 Å². The first-order valence-electron chi connectivity index (χ1n) is 8.86. The van der Waals surface area contributed by atoms with Crippen LogP contribution < -0.4 is 0 Å². The SMILES string of the molecule is CCOC(=O)CCC1(CC(=O)OCC)N=C(C)c2ccc(C(C)=O)cc21. The number of hydrogen-bond donors (Lipinski definition) is 0. The van der Waals surface area contributed by atoms with Crippen molar-refractivity contribution in [1.82, 2.24) is 0 Å². The summed E-state index contributed by atoms with van der Waals surface area (Å²) in [5.74, 6) is -0.776. The largest absolute Gasteiger partial charge is 0.466 e. The van der Waals surface area contributed by atoms with Gasteiger partial charge in [-0.15, -0.1) is 0 Å². The van der Waals surface area contributed by atoms with Crippen LogP contribution in [0.1, 0.15) is 68.4 Å². The summed E-state index contributed by atoms with van der Waals surface area (Å²) in [6, 6.07) is 5.39. The average Bonchev–Trinajstić information content (AvgIpc) is 2.85. The second kappa shape index (κ2) is 8.25. The Morgan fingerprint density at radius 3 is 2.35 bits per heavy atom. The van der Waals surface area contributed by atoms with Crippen molar-refractivity contribution in [2.24, 2.45) is 4.99 Å². The van der Waals surface area contributed by atoms with E-state index >= 15 is 0 Å². The van der Waals surface area contributed by atoms with Gasteiger partial charge in [0.25, 0.3) is 0 Å². The maximum absolute atomic E-state index is 12.2. The molecule has 140 valence electrons. The van der Waals surface area contributed by atoms with E-state index in [2.05, 4.69) is 0 Å². The number of Topliss-reactive ketones (excluding diaryl/α,β-unsaturated/α-hetero) is 1. The second-order valence-corrected chi connectivity index (χ2v) is 6.33. The van der Waals surface area contributed by atoms with Gasteiger partial charge in [-0.25, -0.2) is 0 Å². The van der Waals surface area contributed by atoms with E-state index in [0.717, 1.165) is 16.8 Å². The number of aliphatic imine (C=N–C) groups is 1. The van der Waals surface area contributed by atoms with Crippen LogP contribution in [0, 0.1) is 0 Å². The number of fused-ring (bicyclic) bond motifs is 1. The van der Waals surface area contributed by atoms with Gasteiger partial charge < -0.3 is 9.47 Å². The van der Waals surface area contributed by atoms with Crippen LogP contribution in [0.2, 0.25) is 0 Å². The summed E-state index contributed by atoms with van der Waals surface area (Å²) in [4.78, 5) is 40.7. The fraction of sp³-hybridized carbons (Fsp3) is 0.500. The molecule has 1 heterocycles. The summed E-state index contributed by atoms with van der Waals surface area (Å²) in [7, 11) is 0. The molecule has 0 aliphatic carbocycles. The standard InChI is InChI=1S/C20H25NO5/c1-5-25-18(23)9-10-20(12-19(24)26-6-2)17-11-15(14(4)22)7-8-16(17)13(3)21-20/h7-8,11H,5-6,9-10,12H2,1-4H3. The van der Waals surface area contributed by atoms with Crippen molar-refractivity contribution in [2.45, 2.75) is 52.5 Å². The van der Waals surface area contributed by atoms with Crippen LogP contribution in [0.25, 0.3) is 0 Å². The maximum atomic E-state index is 12.2. The van der Waals surface area contributed by atoms with Crippen molar-refractivity contribution in [2.75, 3.05) is 13.2 Å². The number of nitrogens with zero attached hydrogens (tertiary/aromatic N) is 1. The Hall–Kier alpha value is -2.50. The molecule has 1 atom stereocenters. The molecule has 0 amide bonds. The van der Waals surface area contributed by atoms with E-state index in [0.29, 0.717) is 18.6 Å². The van der Waals surface area contributed by atoms with Crippen LogP contribution in [0.4, 0.5) is 0 Å². The zero-order valence-corrected chi connectivity index (χ0v) is 15.8. The quantitative estimate of drug-likeness (QED) is 0.526. The van der Waals surface area contributed by atoms with E-state index in [1.807, 2.05) is 13.0 Å². The summed E-state index contributed by atoms with van der Waals surface area (Å²) < 4.78 is 10.1. The Kier molecular flexibility index (Phi) is 6.29. The van der Waals surface area contributed by atoms with Crippen molar-refractivity contribution in [3.8, 4) is 0 Å². The highest BCUT2D eigenvalue weighted by molar-refractivity contribution is 6.05. The zero-order valence-electron chi connectivity index (χ0n) is 15.8. The second-order valence-electron chi connectivity index (χ2n) is 6.33. The van der Waals surface area contributed by atoms with Gasteiger partial charge in [-0.3, -0.25) is 19.4 Å². The number of carbonyl (C=O) groups is 3. The Labute approximate surface area is 153 Å². The molecule has 2 rings (SSSR count). The van der Waals surface area contributed by atoms with Gasteiger partial charge in [0.1, 0.15) is 0 Å². The summed E-state index contributed by atoms with van der Waals surface area (Å²) in [5.41, 5.74) is 2.11. The molecule has 0 saturated heterocycles. The fourth-order valence-electron chi connectivity index (χ4n) is 3.31. The van der Waals surface area contributed by atoms with E-state index in [-0.39, 0.29) is 37.2 Å². The number of carbonyl (C=O) groups excluding carboxylic acids is 3. The maximum Gasteiger partial charge on any atom is 0.308 e. The van der Waals surface area contributed by atoms with Gasteiger partial charge in [0.05, 0.1) is 25.2 Å². The third-order valence-corrected chi connectivity index (χ3v) is 4.49. The lowest BCUT2D eigenvalue weighted by atomic mass is 9.81. The van der Waals surface area contributed by atoms with Crippen LogP contribution in [-0.2, 0) is 24.6 Å². The molecule has 0 radical (unpaired) electrons. The van der Waals surface area contributed by atoms with Crippen LogP contribution in [0.3, 0.4) is 0 Å². The number of rotatable bonds is 8. The summed E-state index contributed by atoms with van der Waals surface area (Å²) in [6.45, 7) is 7.43. The molecule has 0 fully saturated rings. The molecular weight excluding hydrogens is 334 g/mol. The van der Waals surface area contributed by atoms with Gasteiger partial charge in [0.15, 0.2) is 5.78 Å². The van der Waals surface area contributed by atoms with Gasteiger partial charge in [0, 0.05) is 23.3 Å². The van der Waals surface area contributed by atoms with Gasteiger partial charge in [-0.05, 0) is 45.7 Å². The Bertz CT molecular complexity index is 753. The number of ketones is 1. The molecule has 0 saturated carbocycles. The van der Waals surface area contributed by atoms with Gasteiger partial charge in [-0.1, -0.05) is 12.1 Å².